The molecule has 0 radical (unpaired) electrons. The molecule has 2 nitrogen and oxygen atoms in total. The van der Waals surface area contributed by atoms with Crippen molar-refractivity contribution in [3.05, 3.63) is 47.3 Å². The average Bonchev–Trinajstić information content (AvgIpc) is 2.26. The zero-order valence-electron chi connectivity index (χ0n) is 8.53. The Bertz CT molecular complexity index is 393. The van der Waals surface area contributed by atoms with Crippen LogP contribution in [0.3, 0.4) is 0 Å². The summed E-state index contributed by atoms with van der Waals surface area (Å²) in [6, 6.07) is 6.51. The standard InChI is InChI=1S/C12H12FNO/c1-2-3-7-15-9-11-6-4-5-10(8-14)12(11)13/h2-6H,7,9H2,1H3/b3-2+. The van der Waals surface area contributed by atoms with Gasteiger partial charge >= 0.3 is 0 Å². The van der Waals surface area contributed by atoms with Gasteiger partial charge in [-0.05, 0) is 13.0 Å². The van der Waals surface area contributed by atoms with Gasteiger partial charge in [-0.1, -0.05) is 24.3 Å². The quantitative estimate of drug-likeness (QED) is 0.559. The lowest BCUT2D eigenvalue weighted by Gasteiger charge is -2.03. The van der Waals surface area contributed by atoms with E-state index in [0.29, 0.717) is 12.2 Å². The number of ether oxygens (including phenoxy) is 1. The fourth-order valence-electron chi connectivity index (χ4n) is 1.11. The van der Waals surface area contributed by atoms with E-state index in [1.807, 2.05) is 19.1 Å². The molecule has 0 aliphatic carbocycles. The molecule has 1 aromatic carbocycles. The van der Waals surface area contributed by atoms with Gasteiger partial charge in [0.1, 0.15) is 11.9 Å². The predicted molar refractivity (Wildman–Crippen MR) is 55.6 cm³/mol. The molecule has 1 aromatic rings. The predicted octanol–water partition coefficient (Wildman–Crippen LogP) is 2.79. The molecule has 0 atom stereocenters. The summed E-state index contributed by atoms with van der Waals surface area (Å²) in [7, 11) is 0. The van der Waals surface area contributed by atoms with Gasteiger partial charge in [-0.25, -0.2) is 4.39 Å². The summed E-state index contributed by atoms with van der Waals surface area (Å²) in [6.45, 7) is 2.53. The Morgan fingerprint density at radius 1 is 1.53 bits per heavy atom. The second-order valence-electron chi connectivity index (χ2n) is 2.97. The zero-order valence-corrected chi connectivity index (χ0v) is 8.53. The van der Waals surface area contributed by atoms with Gasteiger partial charge in [-0.3, -0.25) is 0 Å². The molecule has 0 spiro atoms. The van der Waals surface area contributed by atoms with Gasteiger partial charge in [-0.2, -0.15) is 5.26 Å². The fraction of sp³-hybridized carbons (Fsp3) is 0.250. The number of benzene rings is 1. The van der Waals surface area contributed by atoms with Crippen LogP contribution in [-0.4, -0.2) is 6.61 Å². The highest BCUT2D eigenvalue weighted by Gasteiger charge is 2.06. The minimum Gasteiger partial charge on any atom is -0.373 e. The van der Waals surface area contributed by atoms with Crippen molar-refractivity contribution in [2.75, 3.05) is 6.61 Å². The molecule has 0 aliphatic heterocycles. The topological polar surface area (TPSA) is 33.0 Å². The van der Waals surface area contributed by atoms with E-state index in [-0.39, 0.29) is 12.2 Å². The third-order valence-electron chi connectivity index (χ3n) is 1.91. The van der Waals surface area contributed by atoms with Crippen LogP contribution in [-0.2, 0) is 11.3 Å². The molecule has 0 saturated carbocycles. The van der Waals surface area contributed by atoms with Crippen LogP contribution in [0.4, 0.5) is 4.39 Å². The smallest absolute Gasteiger partial charge is 0.146 e. The van der Waals surface area contributed by atoms with E-state index in [1.165, 1.54) is 6.07 Å². The highest BCUT2D eigenvalue weighted by atomic mass is 19.1. The first-order chi connectivity index (χ1) is 7.29. The SMILES string of the molecule is C/C=C/COCc1cccc(C#N)c1F. The Balaban J connectivity index is 2.66. The van der Waals surface area contributed by atoms with Gasteiger partial charge in [0.15, 0.2) is 0 Å². The van der Waals surface area contributed by atoms with E-state index in [9.17, 15) is 4.39 Å². The van der Waals surface area contributed by atoms with Gasteiger partial charge in [-0.15, -0.1) is 0 Å². The van der Waals surface area contributed by atoms with Crippen molar-refractivity contribution >= 4 is 0 Å². The lowest BCUT2D eigenvalue weighted by molar-refractivity contribution is 0.146. The van der Waals surface area contributed by atoms with Crippen LogP contribution in [0.2, 0.25) is 0 Å². The molecule has 0 fully saturated rings. The first-order valence-corrected chi connectivity index (χ1v) is 4.66. The summed E-state index contributed by atoms with van der Waals surface area (Å²) < 4.78 is 18.7. The molecule has 0 unspecified atom stereocenters. The van der Waals surface area contributed by atoms with Crippen LogP contribution in [0.25, 0.3) is 0 Å². The summed E-state index contributed by atoms with van der Waals surface area (Å²) in [5.74, 6) is -0.486. The maximum Gasteiger partial charge on any atom is 0.146 e. The second kappa shape index (κ2) is 5.94. The highest BCUT2D eigenvalue weighted by Crippen LogP contribution is 2.12. The highest BCUT2D eigenvalue weighted by molar-refractivity contribution is 5.34. The van der Waals surface area contributed by atoms with Crippen molar-refractivity contribution in [2.24, 2.45) is 0 Å². The molecule has 1 rings (SSSR count). The van der Waals surface area contributed by atoms with Crippen LogP contribution in [0.5, 0.6) is 0 Å². The van der Waals surface area contributed by atoms with Gasteiger partial charge in [0, 0.05) is 5.56 Å². The van der Waals surface area contributed by atoms with Crippen LogP contribution >= 0.6 is 0 Å². The van der Waals surface area contributed by atoms with Crippen molar-refractivity contribution in [1.29, 1.82) is 5.26 Å². The number of halogens is 1. The number of allylic oxidation sites excluding steroid dienone is 1. The summed E-state index contributed by atoms with van der Waals surface area (Å²) in [4.78, 5) is 0. The molecular weight excluding hydrogens is 193 g/mol. The third kappa shape index (κ3) is 3.19. The van der Waals surface area contributed by atoms with Gasteiger partial charge in [0.05, 0.1) is 18.8 Å². The fourth-order valence-corrected chi connectivity index (χ4v) is 1.11. The van der Waals surface area contributed by atoms with Crippen LogP contribution in [0.1, 0.15) is 18.1 Å². The Morgan fingerprint density at radius 3 is 3.00 bits per heavy atom. The van der Waals surface area contributed by atoms with Crippen molar-refractivity contribution in [1.82, 2.24) is 0 Å². The van der Waals surface area contributed by atoms with E-state index in [2.05, 4.69) is 0 Å². The van der Waals surface area contributed by atoms with Crippen molar-refractivity contribution in [3.8, 4) is 6.07 Å². The number of hydrogen-bond acceptors (Lipinski definition) is 2. The van der Waals surface area contributed by atoms with Crippen LogP contribution < -0.4 is 0 Å². The molecule has 0 heterocycles. The summed E-state index contributed by atoms with van der Waals surface area (Å²) >= 11 is 0. The Labute approximate surface area is 88.6 Å². The third-order valence-corrected chi connectivity index (χ3v) is 1.91. The molecule has 78 valence electrons. The van der Waals surface area contributed by atoms with Crippen LogP contribution in [0, 0.1) is 17.1 Å². The Kier molecular flexibility index (Phi) is 4.52. The number of nitriles is 1. The largest absolute Gasteiger partial charge is 0.373 e. The molecule has 0 N–H and O–H groups in total. The average molecular weight is 205 g/mol. The first-order valence-electron chi connectivity index (χ1n) is 4.66. The van der Waals surface area contributed by atoms with Gasteiger partial charge in [0.25, 0.3) is 0 Å². The minimum absolute atomic E-state index is 0.0575. The van der Waals surface area contributed by atoms with Crippen molar-refractivity contribution < 1.29 is 9.13 Å². The zero-order chi connectivity index (χ0) is 11.1. The van der Waals surface area contributed by atoms with E-state index in [1.54, 1.807) is 18.2 Å². The molecule has 3 heteroatoms. The molecule has 0 aliphatic rings. The van der Waals surface area contributed by atoms with E-state index < -0.39 is 5.82 Å². The molecule has 0 aromatic heterocycles. The minimum atomic E-state index is -0.486. The van der Waals surface area contributed by atoms with Gasteiger partial charge in [0.2, 0.25) is 0 Å². The number of hydrogen-bond donors (Lipinski definition) is 0. The number of rotatable bonds is 4. The van der Waals surface area contributed by atoms with E-state index in [0.717, 1.165) is 0 Å². The molecule has 15 heavy (non-hydrogen) atoms. The maximum absolute atomic E-state index is 13.5. The maximum atomic E-state index is 13.5. The Hall–Kier alpha value is -1.66. The summed E-state index contributed by atoms with van der Waals surface area (Å²) in [5, 5.41) is 8.61. The first kappa shape index (κ1) is 11.4. The van der Waals surface area contributed by atoms with E-state index in [4.69, 9.17) is 10.00 Å². The van der Waals surface area contributed by atoms with Crippen LogP contribution in [0.15, 0.2) is 30.4 Å². The van der Waals surface area contributed by atoms with E-state index >= 15 is 0 Å². The number of nitrogens with zero attached hydrogens (tertiary/aromatic N) is 1. The summed E-state index contributed by atoms with van der Waals surface area (Å²) in [5.41, 5.74) is 0.473. The Morgan fingerprint density at radius 2 is 2.33 bits per heavy atom. The molecular formula is C12H12FNO. The lowest BCUT2D eigenvalue weighted by Crippen LogP contribution is -1.98. The second-order valence-corrected chi connectivity index (χ2v) is 2.97. The molecule has 0 saturated heterocycles. The molecule has 0 bridgehead atoms. The van der Waals surface area contributed by atoms with Gasteiger partial charge < -0.3 is 4.74 Å². The summed E-state index contributed by atoms with van der Waals surface area (Å²) in [6.07, 6.45) is 3.70. The monoisotopic (exact) mass is 205 g/mol. The van der Waals surface area contributed by atoms with Crippen molar-refractivity contribution in [2.45, 2.75) is 13.5 Å². The lowest BCUT2D eigenvalue weighted by atomic mass is 10.1. The van der Waals surface area contributed by atoms with Crippen molar-refractivity contribution in [3.63, 3.8) is 0 Å². The molecule has 0 amide bonds. The normalized spacial score (nSPS) is 10.5.